The van der Waals surface area contributed by atoms with Gasteiger partial charge in [0.15, 0.2) is 11.5 Å². The maximum absolute atomic E-state index is 13.2. The van der Waals surface area contributed by atoms with Gasteiger partial charge in [-0.2, -0.15) is 5.10 Å². The molecule has 9 nitrogen and oxygen atoms in total. The molecule has 0 saturated heterocycles. The van der Waals surface area contributed by atoms with Crippen LogP contribution in [0.4, 0.5) is 5.69 Å². The molecule has 3 aromatic rings. The van der Waals surface area contributed by atoms with E-state index in [0.29, 0.717) is 35.3 Å². The SMILES string of the molecule is COc1cc(C(=O)NC(=NCc2c(C)nn(C)c2C)Nc2ccccc2C)cc(OC)c1OC. The molecule has 2 aromatic carbocycles. The molecular formula is C25H31N5O4. The zero-order valence-electron chi connectivity index (χ0n) is 20.6. The fraction of sp³-hybridized carbons (Fsp3) is 0.320. The van der Waals surface area contributed by atoms with Gasteiger partial charge in [0.2, 0.25) is 11.7 Å². The Morgan fingerprint density at radius 2 is 1.68 bits per heavy atom. The van der Waals surface area contributed by atoms with Crippen molar-refractivity contribution in [1.82, 2.24) is 15.1 Å². The summed E-state index contributed by atoms with van der Waals surface area (Å²) < 4.78 is 17.9. The second kappa shape index (κ2) is 10.7. The molecule has 180 valence electrons. The number of hydrogen-bond acceptors (Lipinski definition) is 6. The first-order chi connectivity index (χ1) is 16.3. The Bertz CT molecular complexity index is 1190. The van der Waals surface area contributed by atoms with Crippen molar-refractivity contribution in [3.8, 4) is 17.2 Å². The summed E-state index contributed by atoms with van der Waals surface area (Å²) in [6.45, 7) is 6.28. The summed E-state index contributed by atoms with van der Waals surface area (Å²) in [7, 11) is 6.42. The lowest BCUT2D eigenvalue weighted by molar-refractivity contribution is 0.0976. The summed E-state index contributed by atoms with van der Waals surface area (Å²) in [6.07, 6.45) is 0. The molecule has 2 N–H and O–H groups in total. The number of guanidine groups is 1. The normalized spacial score (nSPS) is 11.2. The maximum atomic E-state index is 13.2. The summed E-state index contributed by atoms with van der Waals surface area (Å²) in [5.74, 6) is 1.13. The van der Waals surface area contributed by atoms with Gasteiger partial charge < -0.3 is 19.5 Å². The van der Waals surface area contributed by atoms with Crippen molar-refractivity contribution in [2.75, 3.05) is 26.6 Å². The molecule has 0 bridgehead atoms. The molecule has 0 saturated carbocycles. The van der Waals surface area contributed by atoms with E-state index < -0.39 is 0 Å². The average Bonchev–Trinajstić information content (AvgIpc) is 3.08. The summed E-state index contributed by atoms with van der Waals surface area (Å²) in [5, 5.41) is 10.6. The molecule has 0 aliphatic carbocycles. The van der Waals surface area contributed by atoms with E-state index in [1.807, 2.05) is 56.8 Å². The zero-order valence-corrected chi connectivity index (χ0v) is 20.6. The molecule has 1 heterocycles. The minimum atomic E-state index is -0.376. The van der Waals surface area contributed by atoms with Crippen molar-refractivity contribution in [1.29, 1.82) is 0 Å². The van der Waals surface area contributed by atoms with Crippen LogP contribution in [0.3, 0.4) is 0 Å². The number of methoxy groups -OCH3 is 3. The van der Waals surface area contributed by atoms with Crippen LogP contribution in [0.5, 0.6) is 17.2 Å². The van der Waals surface area contributed by atoms with Gasteiger partial charge in [0.05, 0.1) is 33.6 Å². The number of aliphatic imine (C=N–C) groups is 1. The lowest BCUT2D eigenvalue weighted by atomic mass is 10.1. The van der Waals surface area contributed by atoms with E-state index in [2.05, 4.69) is 20.7 Å². The smallest absolute Gasteiger partial charge is 0.258 e. The lowest BCUT2D eigenvalue weighted by Gasteiger charge is -2.16. The number of amides is 1. The predicted octanol–water partition coefficient (Wildman–Crippen LogP) is 3.77. The number of ether oxygens (including phenoxy) is 3. The van der Waals surface area contributed by atoms with Crippen LogP contribution in [0.2, 0.25) is 0 Å². The van der Waals surface area contributed by atoms with Crippen molar-refractivity contribution in [3.63, 3.8) is 0 Å². The van der Waals surface area contributed by atoms with Crippen LogP contribution in [-0.4, -0.2) is 43.0 Å². The number of carbonyl (C=O) groups is 1. The topological polar surface area (TPSA) is 99.0 Å². The second-order valence-electron chi connectivity index (χ2n) is 7.75. The van der Waals surface area contributed by atoms with Gasteiger partial charge in [0.1, 0.15) is 0 Å². The minimum Gasteiger partial charge on any atom is -0.493 e. The van der Waals surface area contributed by atoms with E-state index in [4.69, 9.17) is 14.2 Å². The van der Waals surface area contributed by atoms with Gasteiger partial charge in [0.25, 0.3) is 5.91 Å². The van der Waals surface area contributed by atoms with Crippen molar-refractivity contribution in [2.24, 2.45) is 12.0 Å². The number of hydrogen-bond donors (Lipinski definition) is 2. The molecule has 0 unspecified atom stereocenters. The number of aryl methyl sites for hydroxylation is 3. The van der Waals surface area contributed by atoms with E-state index in [1.54, 1.807) is 12.1 Å². The second-order valence-corrected chi connectivity index (χ2v) is 7.75. The van der Waals surface area contributed by atoms with Crippen molar-refractivity contribution < 1.29 is 19.0 Å². The van der Waals surface area contributed by atoms with Crippen molar-refractivity contribution in [3.05, 3.63) is 64.5 Å². The van der Waals surface area contributed by atoms with E-state index in [-0.39, 0.29) is 5.91 Å². The first-order valence-electron chi connectivity index (χ1n) is 10.8. The van der Waals surface area contributed by atoms with Gasteiger partial charge in [-0.1, -0.05) is 18.2 Å². The van der Waals surface area contributed by atoms with Crippen LogP contribution in [0.15, 0.2) is 41.4 Å². The highest BCUT2D eigenvalue weighted by Gasteiger charge is 2.19. The Kier molecular flexibility index (Phi) is 7.78. The maximum Gasteiger partial charge on any atom is 0.258 e. The largest absolute Gasteiger partial charge is 0.493 e. The first kappa shape index (κ1) is 24.6. The molecule has 1 aromatic heterocycles. The van der Waals surface area contributed by atoms with Crippen molar-refractivity contribution >= 4 is 17.6 Å². The van der Waals surface area contributed by atoms with Gasteiger partial charge in [-0.15, -0.1) is 0 Å². The Morgan fingerprint density at radius 3 is 2.21 bits per heavy atom. The number of rotatable bonds is 7. The fourth-order valence-corrected chi connectivity index (χ4v) is 3.55. The fourth-order valence-electron chi connectivity index (χ4n) is 3.55. The van der Waals surface area contributed by atoms with Crippen molar-refractivity contribution in [2.45, 2.75) is 27.3 Å². The Morgan fingerprint density at radius 1 is 1.03 bits per heavy atom. The molecular weight excluding hydrogens is 434 g/mol. The lowest BCUT2D eigenvalue weighted by Crippen LogP contribution is -2.36. The quantitative estimate of drug-likeness (QED) is 0.407. The molecule has 0 aliphatic rings. The molecule has 0 fully saturated rings. The van der Waals surface area contributed by atoms with E-state index >= 15 is 0 Å². The van der Waals surface area contributed by atoms with Gasteiger partial charge in [-0.3, -0.25) is 14.8 Å². The number of nitrogens with zero attached hydrogens (tertiary/aromatic N) is 3. The molecule has 3 rings (SSSR count). The van der Waals surface area contributed by atoms with E-state index in [9.17, 15) is 4.79 Å². The summed E-state index contributed by atoms with van der Waals surface area (Å²) in [6, 6.07) is 11.0. The van der Waals surface area contributed by atoms with Crippen LogP contribution in [0.25, 0.3) is 0 Å². The number of anilines is 1. The van der Waals surface area contributed by atoms with Gasteiger partial charge in [-0.25, -0.2) is 4.99 Å². The summed E-state index contributed by atoms with van der Waals surface area (Å²) >= 11 is 0. The number of nitrogens with one attached hydrogen (secondary N) is 2. The molecule has 0 spiro atoms. The van der Waals surface area contributed by atoms with Gasteiger partial charge >= 0.3 is 0 Å². The Labute approximate surface area is 199 Å². The predicted molar refractivity (Wildman–Crippen MR) is 132 cm³/mol. The highest BCUT2D eigenvalue weighted by Crippen LogP contribution is 2.38. The van der Waals surface area contributed by atoms with Gasteiger partial charge in [-0.05, 0) is 44.5 Å². The molecule has 9 heteroatoms. The van der Waals surface area contributed by atoms with Gasteiger partial charge in [0, 0.05) is 29.6 Å². The standard InChI is InChI=1S/C25H31N5O4/c1-15-10-8-9-11-20(15)27-25(26-14-19-16(2)29-30(4)17(19)3)28-24(31)18-12-21(32-5)23(34-7)22(13-18)33-6/h8-13H,14H2,1-7H3,(H2,26,27,28,31). The molecule has 0 aliphatic heterocycles. The first-order valence-corrected chi connectivity index (χ1v) is 10.8. The summed E-state index contributed by atoms with van der Waals surface area (Å²) in [4.78, 5) is 17.9. The highest BCUT2D eigenvalue weighted by molar-refractivity contribution is 6.10. The third-order valence-electron chi connectivity index (χ3n) is 5.61. The highest BCUT2D eigenvalue weighted by atomic mass is 16.5. The number of aromatic nitrogens is 2. The van der Waals surface area contributed by atoms with Crippen LogP contribution in [-0.2, 0) is 13.6 Å². The Balaban J connectivity index is 1.95. The summed E-state index contributed by atoms with van der Waals surface area (Å²) in [5.41, 5.74) is 5.12. The van der Waals surface area contributed by atoms with E-state index in [1.165, 1.54) is 21.3 Å². The van der Waals surface area contributed by atoms with Crippen LogP contribution in [0, 0.1) is 20.8 Å². The Hall–Kier alpha value is -4.01. The average molecular weight is 466 g/mol. The zero-order chi connectivity index (χ0) is 24.8. The van der Waals surface area contributed by atoms with Crippen LogP contribution in [0.1, 0.15) is 32.9 Å². The number of para-hydroxylation sites is 1. The number of benzene rings is 2. The third kappa shape index (κ3) is 5.31. The number of carbonyl (C=O) groups excluding carboxylic acids is 1. The third-order valence-corrected chi connectivity index (χ3v) is 5.61. The van der Waals surface area contributed by atoms with Crippen LogP contribution >= 0.6 is 0 Å². The van der Waals surface area contributed by atoms with Crippen LogP contribution < -0.4 is 24.8 Å². The molecule has 34 heavy (non-hydrogen) atoms. The van der Waals surface area contributed by atoms with E-state index in [0.717, 1.165) is 28.2 Å². The molecule has 0 atom stereocenters. The molecule has 0 radical (unpaired) electrons. The minimum absolute atomic E-state index is 0.315. The molecule has 1 amide bonds. The monoisotopic (exact) mass is 465 g/mol.